The van der Waals surface area contributed by atoms with Crippen LogP contribution in [0.5, 0.6) is 0 Å². The Labute approximate surface area is 194 Å². The normalized spacial score (nSPS) is 15.9. The predicted molar refractivity (Wildman–Crippen MR) is 118 cm³/mol. The minimum absolute atomic E-state index is 0.0140. The number of anilines is 1. The van der Waals surface area contributed by atoms with Gasteiger partial charge in [0.15, 0.2) is 5.82 Å². The van der Waals surface area contributed by atoms with Crippen LogP contribution in [-0.2, 0) is 21.5 Å². The Balaban J connectivity index is 1.65. The Morgan fingerprint density at radius 2 is 1.97 bits per heavy atom. The summed E-state index contributed by atoms with van der Waals surface area (Å²) in [5.41, 5.74) is -0.434. The molecular formula is C21H25ClF2N4O3S. The quantitative estimate of drug-likeness (QED) is 0.388. The van der Waals surface area contributed by atoms with Crippen molar-refractivity contribution in [3.63, 3.8) is 0 Å². The third-order valence-corrected chi connectivity index (χ3v) is 6.56. The number of aryl methyl sites for hydroxylation is 1. The second kappa shape index (κ2) is 11.1. The summed E-state index contributed by atoms with van der Waals surface area (Å²) in [5.74, 6) is -2.51. The van der Waals surface area contributed by atoms with Crippen LogP contribution < -0.4 is 10.6 Å². The number of nitrogens with zero attached hydrogens (tertiary/aromatic N) is 2. The van der Waals surface area contributed by atoms with Gasteiger partial charge in [-0.05, 0) is 25.0 Å². The van der Waals surface area contributed by atoms with Crippen molar-refractivity contribution < 1.29 is 22.9 Å². The zero-order valence-corrected chi connectivity index (χ0v) is 19.2. The number of benzene rings is 1. The van der Waals surface area contributed by atoms with Crippen molar-refractivity contribution in [2.24, 2.45) is 0 Å². The van der Waals surface area contributed by atoms with Crippen LogP contribution in [-0.4, -0.2) is 27.7 Å². The maximum atomic E-state index is 12.8. The van der Waals surface area contributed by atoms with Gasteiger partial charge in [-0.1, -0.05) is 60.3 Å². The second-order valence-electron chi connectivity index (χ2n) is 7.73. The van der Waals surface area contributed by atoms with Gasteiger partial charge in [-0.3, -0.25) is 9.59 Å². The van der Waals surface area contributed by atoms with E-state index in [1.807, 2.05) is 0 Å². The number of thioether (sulfide) groups is 1. The first-order valence-corrected chi connectivity index (χ1v) is 11.7. The largest absolute Gasteiger partial charge is 0.343 e. The summed E-state index contributed by atoms with van der Waals surface area (Å²) in [5, 5.41) is 9.86. The summed E-state index contributed by atoms with van der Waals surface area (Å²) in [6.07, 6.45) is 5.71. The number of hydrogen-bond acceptors (Lipinski definition) is 6. The first-order valence-electron chi connectivity index (χ1n) is 10.4. The molecule has 0 atom stereocenters. The molecule has 32 heavy (non-hydrogen) atoms. The molecule has 0 saturated heterocycles. The number of rotatable bonds is 8. The molecule has 3 rings (SSSR count). The van der Waals surface area contributed by atoms with Crippen molar-refractivity contribution in [1.82, 2.24) is 15.5 Å². The van der Waals surface area contributed by atoms with E-state index in [0.29, 0.717) is 5.82 Å². The zero-order chi connectivity index (χ0) is 23.1. The van der Waals surface area contributed by atoms with Crippen LogP contribution in [0.15, 0.2) is 27.6 Å². The van der Waals surface area contributed by atoms with Crippen LogP contribution in [0, 0.1) is 0 Å². The van der Waals surface area contributed by atoms with Gasteiger partial charge in [0, 0.05) is 19.8 Å². The Bertz CT molecular complexity index is 949. The highest BCUT2D eigenvalue weighted by Crippen LogP contribution is 2.38. The van der Waals surface area contributed by atoms with Crippen LogP contribution in [0.3, 0.4) is 0 Å². The van der Waals surface area contributed by atoms with E-state index in [9.17, 15) is 18.4 Å². The minimum Gasteiger partial charge on any atom is -0.343 e. The maximum absolute atomic E-state index is 12.8. The SMILES string of the molecule is CC(=O)NC1(c2noc(CCC(=O)Nc3cccc(Cl)c3SC(F)F)n2)CCCCCC1. The number of aromatic nitrogens is 2. The number of carbonyl (C=O) groups is 2. The van der Waals surface area contributed by atoms with Crippen molar-refractivity contribution in [3.05, 3.63) is 34.9 Å². The number of alkyl halides is 2. The lowest BCUT2D eigenvalue weighted by Gasteiger charge is -2.30. The van der Waals surface area contributed by atoms with Crippen LogP contribution in [0.1, 0.15) is 63.6 Å². The van der Waals surface area contributed by atoms with Gasteiger partial charge in [0.1, 0.15) is 5.54 Å². The second-order valence-corrected chi connectivity index (χ2v) is 9.14. The van der Waals surface area contributed by atoms with Gasteiger partial charge in [-0.25, -0.2) is 0 Å². The Morgan fingerprint density at radius 3 is 2.62 bits per heavy atom. The highest BCUT2D eigenvalue weighted by molar-refractivity contribution is 7.99. The maximum Gasteiger partial charge on any atom is 0.289 e. The molecule has 0 spiro atoms. The van der Waals surface area contributed by atoms with Crippen molar-refractivity contribution in [3.8, 4) is 0 Å². The fraction of sp³-hybridized carbons (Fsp3) is 0.524. The average Bonchev–Trinajstić information content (AvgIpc) is 3.09. The van der Waals surface area contributed by atoms with Crippen molar-refractivity contribution in [1.29, 1.82) is 0 Å². The number of amides is 2. The summed E-state index contributed by atoms with van der Waals surface area (Å²) in [7, 11) is 0. The van der Waals surface area contributed by atoms with E-state index in [-0.39, 0.29) is 52.0 Å². The molecule has 1 aliphatic carbocycles. The molecular weight excluding hydrogens is 462 g/mol. The van der Waals surface area contributed by atoms with Gasteiger partial charge in [0.05, 0.1) is 15.6 Å². The first-order chi connectivity index (χ1) is 15.3. The minimum atomic E-state index is -2.66. The summed E-state index contributed by atoms with van der Waals surface area (Å²) in [6, 6.07) is 4.58. The highest BCUT2D eigenvalue weighted by atomic mass is 35.5. The van der Waals surface area contributed by atoms with Gasteiger partial charge >= 0.3 is 0 Å². The molecule has 1 saturated carbocycles. The number of halogens is 3. The van der Waals surface area contributed by atoms with E-state index in [0.717, 1.165) is 38.5 Å². The summed E-state index contributed by atoms with van der Waals surface area (Å²) >= 11 is 6.28. The molecule has 2 amide bonds. The van der Waals surface area contributed by atoms with Gasteiger partial charge in [-0.2, -0.15) is 13.8 Å². The van der Waals surface area contributed by atoms with Crippen molar-refractivity contribution in [2.45, 2.75) is 74.5 Å². The molecule has 7 nitrogen and oxygen atoms in total. The van der Waals surface area contributed by atoms with Crippen molar-refractivity contribution >= 4 is 40.9 Å². The van der Waals surface area contributed by atoms with Crippen LogP contribution in [0.25, 0.3) is 0 Å². The molecule has 0 aliphatic heterocycles. The van der Waals surface area contributed by atoms with E-state index in [1.165, 1.54) is 19.1 Å². The van der Waals surface area contributed by atoms with Gasteiger partial charge in [0.2, 0.25) is 17.7 Å². The van der Waals surface area contributed by atoms with Crippen LogP contribution >= 0.6 is 23.4 Å². The molecule has 2 aromatic rings. The molecule has 1 aromatic heterocycles. The lowest BCUT2D eigenvalue weighted by molar-refractivity contribution is -0.121. The third kappa shape index (κ3) is 6.41. The lowest BCUT2D eigenvalue weighted by Crippen LogP contribution is -2.45. The van der Waals surface area contributed by atoms with Gasteiger partial charge < -0.3 is 15.2 Å². The molecule has 174 valence electrons. The summed E-state index contributed by atoms with van der Waals surface area (Å²) < 4.78 is 31.0. The molecule has 2 N–H and O–H groups in total. The topological polar surface area (TPSA) is 97.1 Å². The predicted octanol–water partition coefficient (Wildman–Crippen LogP) is 5.29. The monoisotopic (exact) mass is 486 g/mol. The van der Waals surface area contributed by atoms with E-state index in [1.54, 1.807) is 6.07 Å². The Morgan fingerprint density at radius 1 is 1.25 bits per heavy atom. The lowest BCUT2D eigenvalue weighted by atomic mass is 9.89. The molecule has 1 aliphatic rings. The number of nitrogens with one attached hydrogen (secondary N) is 2. The van der Waals surface area contributed by atoms with E-state index < -0.39 is 17.2 Å². The average molecular weight is 487 g/mol. The standard InChI is InChI=1S/C21H25ClF2N4O3S/c1-13(29)27-21(11-4-2-3-5-12-21)19-26-17(31-28-19)10-9-16(30)25-15-8-6-7-14(22)18(15)32-20(23)24/h6-8,20H,2-5,9-12H2,1H3,(H,25,30)(H,27,29). The Hall–Kier alpha value is -2.20. The fourth-order valence-electron chi connectivity index (χ4n) is 3.87. The molecule has 1 aromatic carbocycles. The van der Waals surface area contributed by atoms with Gasteiger partial charge in [0.25, 0.3) is 5.76 Å². The fourth-order valence-corrected chi connectivity index (χ4v) is 4.79. The molecule has 11 heteroatoms. The molecule has 1 heterocycles. The summed E-state index contributed by atoms with van der Waals surface area (Å²) in [6.45, 7) is 1.47. The van der Waals surface area contributed by atoms with E-state index >= 15 is 0 Å². The highest BCUT2D eigenvalue weighted by Gasteiger charge is 2.38. The number of carbonyl (C=O) groups excluding carboxylic acids is 2. The smallest absolute Gasteiger partial charge is 0.289 e. The van der Waals surface area contributed by atoms with E-state index in [2.05, 4.69) is 20.8 Å². The molecule has 0 bridgehead atoms. The van der Waals surface area contributed by atoms with E-state index in [4.69, 9.17) is 16.1 Å². The molecule has 0 radical (unpaired) electrons. The number of hydrogen-bond donors (Lipinski definition) is 2. The molecule has 0 unspecified atom stereocenters. The van der Waals surface area contributed by atoms with Crippen LogP contribution in [0.2, 0.25) is 5.02 Å². The summed E-state index contributed by atoms with van der Waals surface area (Å²) in [4.78, 5) is 28.8. The molecule has 1 fully saturated rings. The third-order valence-electron chi connectivity index (χ3n) is 5.28. The van der Waals surface area contributed by atoms with Crippen LogP contribution in [0.4, 0.5) is 14.5 Å². The zero-order valence-electron chi connectivity index (χ0n) is 17.6. The van der Waals surface area contributed by atoms with Gasteiger partial charge in [-0.15, -0.1) is 0 Å². The first kappa shape index (κ1) is 24.4. The van der Waals surface area contributed by atoms with Crippen molar-refractivity contribution in [2.75, 3.05) is 5.32 Å². The Kier molecular flexibility index (Phi) is 8.47.